The normalized spacial score (nSPS) is 10.9. The molecular formula is C18H17N3O. The molecule has 1 N–H and O–H groups in total. The number of hydrogen-bond donors (Lipinski definition) is 1. The maximum absolute atomic E-state index is 11.8. The molecule has 0 bridgehead atoms. The smallest absolute Gasteiger partial charge is 0.228 e. The number of hydrogen-bond acceptors (Lipinski definition) is 3. The Morgan fingerprint density at radius 1 is 1.05 bits per heavy atom. The molecule has 4 nitrogen and oxygen atoms in total. The van der Waals surface area contributed by atoms with E-state index in [0.29, 0.717) is 11.5 Å². The first-order valence-electron chi connectivity index (χ1n) is 7.27. The fraction of sp³-hybridized carbons (Fsp3) is 0.167. The molecule has 0 saturated carbocycles. The number of nitrogens with zero attached hydrogens (tertiary/aromatic N) is 2. The fourth-order valence-corrected chi connectivity index (χ4v) is 2.24. The molecule has 1 amide bonds. The summed E-state index contributed by atoms with van der Waals surface area (Å²) in [5, 5.41) is 3.77. The first-order valence-corrected chi connectivity index (χ1v) is 7.27. The zero-order valence-corrected chi connectivity index (χ0v) is 12.6. The summed E-state index contributed by atoms with van der Waals surface area (Å²) in [4.78, 5) is 20.5. The molecule has 1 aromatic carbocycles. The zero-order valence-electron chi connectivity index (χ0n) is 12.6. The van der Waals surface area contributed by atoms with Crippen molar-refractivity contribution in [3.63, 3.8) is 0 Å². The van der Waals surface area contributed by atoms with E-state index in [1.54, 1.807) is 6.20 Å². The number of fused-ring (bicyclic) bond motifs is 1. The van der Waals surface area contributed by atoms with Crippen LogP contribution in [0.15, 0.2) is 54.7 Å². The van der Waals surface area contributed by atoms with Crippen LogP contribution in [0.3, 0.4) is 0 Å². The summed E-state index contributed by atoms with van der Waals surface area (Å²) < 4.78 is 0. The van der Waals surface area contributed by atoms with E-state index >= 15 is 0 Å². The first kappa shape index (κ1) is 14.2. The van der Waals surface area contributed by atoms with Gasteiger partial charge in [0.25, 0.3) is 0 Å². The molecular weight excluding hydrogens is 274 g/mol. The van der Waals surface area contributed by atoms with E-state index in [1.165, 1.54) is 0 Å². The number of carbonyl (C=O) groups excluding carboxylic acids is 1. The Morgan fingerprint density at radius 3 is 2.55 bits per heavy atom. The minimum Gasteiger partial charge on any atom is -0.310 e. The Balaban J connectivity index is 2.03. The largest absolute Gasteiger partial charge is 0.310 e. The minimum atomic E-state index is -0.0823. The summed E-state index contributed by atoms with van der Waals surface area (Å²) in [6, 6.07) is 15.9. The molecule has 0 spiro atoms. The van der Waals surface area contributed by atoms with Crippen LogP contribution in [-0.2, 0) is 4.79 Å². The van der Waals surface area contributed by atoms with Crippen molar-refractivity contribution in [2.45, 2.75) is 13.8 Å². The van der Waals surface area contributed by atoms with Gasteiger partial charge in [-0.05, 0) is 29.3 Å². The average Bonchev–Trinajstić information content (AvgIpc) is 2.54. The van der Waals surface area contributed by atoms with Gasteiger partial charge < -0.3 is 5.32 Å². The van der Waals surface area contributed by atoms with E-state index < -0.39 is 0 Å². The van der Waals surface area contributed by atoms with Crippen LogP contribution in [0.2, 0.25) is 0 Å². The van der Waals surface area contributed by atoms with Gasteiger partial charge in [0.05, 0.1) is 0 Å². The molecule has 0 radical (unpaired) electrons. The lowest BCUT2D eigenvalue weighted by Crippen LogP contribution is -2.18. The van der Waals surface area contributed by atoms with Crippen molar-refractivity contribution in [1.29, 1.82) is 0 Å². The minimum absolute atomic E-state index is 0.0499. The highest BCUT2D eigenvalue weighted by atomic mass is 16.1. The van der Waals surface area contributed by atoms with Gasteiger partial charge in [-0.3, -0.25) is 4.79 Å². The zero-order chi connectivity index (χ0) is 15.5. The van der Waals surface area contributed by atoms with Crippen LogP contribution in [0, 0.1) is 5.92 Å². The molecule has 0 fully saturated rings. The molecule has 3 aromatic rings. The average molecular weight is 291 g/mol. The van der Waals surface area contributed by atoms with Gasteiger partial charge in [-0.15, -0.1) is 0 Å². The van der Waals surface area contributed by atoms with Crippen molar-refractivity contribution in [3.05, 3.63) is 54.7 Å². The van der Waals surface area contributed by atoms with Gasteiger partial charge in [0.2, 0.25) is 5.91 Å². The number of carbonyl (C=O) groups is 1. The van der Waals surface area contributed by atoms with Gasteiger partial charge in [-0.25, -0.2) is 9.97 Å². The van der Waals surface area contributed by atoms with Crippen LogP contribution in [0.1, 0.15) is 13.8 Å². The topological polar surface area (TPSA) is 54.9 Å². The summed E-state index contributed by atoms with van der Waals surface area (Å²) in [7, 11) is 0. The number of aromatic nitrogens is 2. The second-order valence-electron chi connectivity index (χ2n) is 5.44. The number of nitrogens with one attached hydrogen (secondary N) is 1. The third kappa shape index (κ3) is 2.81. The highest BCUT2D eigenvalue weighted by molar-refractivity contribution is 5.95. The van der Waals surface area contributed by atoms with Crippen molar-refractivity contribution >= 4 is 22.8 Å². The molecule has 0 unspecified atom stereocenters. The SMILES string of the molecule is CC(C)C(=O)Nc1ccc2c(-c3ccccc3)ccnc2n1. The Labute approximate surface area is 129 Å². The Morgan fingerprint density at radius 2 is 1.82 bits per heavy atom. The predicted molar refractivity (Wildman–Crippen MR) is 88.4 cm³/mol. The molecule has 2 aromatic heterocycles. The highest BCUT2D eigenvalue weighted by Crippen LogP contribution is 2.27. The maximum Gasteiger partial charge on any atom is 0.228 e. The van der Waals surface area contributed by atoms with Crippen LogP contribution in [0.4, 0.5) is 5.82 Å². The molecule has 0 saturated heterocycles. The Hall–Kier alpha value is -2.75. The molecule has 4 heteroatoms. The molecule has 0 atom stereocenters. The van der Waals surface area contributed by atoms with Gasteiger partial charge >= 0.3 is 0 Å². The van der Waals surface area contributed by atoms with Crippen LogP contribution in [0.5, 0.6) is 0 Å². The van der Waals surface area contributed by atoms with Gasteiger partial charge in [-0.1, -0.05) is 44.2 Å². The van der Waals surface area contributed by atoms with E-state index in [2.05, 4.69) is 27.4 Å². The third-order valence-corrected chi connectivity index (χ3v) is 3.46. The maximum atomic E-state index is 11.8. The van der Waals surface area contributed by atoms with Crippen molar-refractivity contribution < 1.29 is 4.79 Å². The molecule has 0 aliphatic carbocycles. The van der Waals surface area contributed by atoms with Crippen LogP contribution >= 0.6 is 0 Å². The van der Waals surface area contributed by atoms with Crippen molar-refractivity contribution in [2.24, 2.45) is 5.92 Å². The second-order valence-corrected chi connectivity index (χ2v) is 5.44. The van der Waals surface area contributed by atoms with Gasteiger partial charge in [0, 0.05) is 17.5 Å². The number of amides is 1. The lowest BCUT2D eigenvalue weighted by atomic mass is 10.0. The highest BCUT2D eigenvalue weighted by Gasteiger charge is 2.10. The predicted octanol–water partition coefficient (Wildman–Crippen LogP) is 3.89. The van der Waals surface area contributed by atoms with Crippen molar-refractivity contribution in [2.75, 3.05) is 5.32 Å². The number of anilines is 1. The lowest BCUT2D eigenvalue weighted by molar-refractivity contribution is -0.118. The Bertz CT molecular complexity index is 813. The summed E-state index contributed by atoms with van der Waals surface area (Å²) in [6.07, 6.45) is 1.74. The van der Waals surface area contributed by atoms with Crippen LogP contribution in [-0.4, -0.2) is 15.9 Å². The number of benzene rings is 1. The van der Waals surface area contributed by atoms with E-state index in [9.17, 15) is 4.79 Å². The van der Waals surface area contributed by atoms with Crippen molar-refractivity contribution in [3.8, 4) is 11.1 Å². The molecule has 110 valence electrons. The Kier molecular flexibility index (Phi) is 3.83. The molecule has 0 aliphatic rings. The monoisotopic (exact) mass is 291 g/mol. The lowest BCUT2D eigenvalue weighted by Gasteiger charge is -2.09. The quantitative estimate of drug-likeness (QED) is 0.796. The summed E-state index contributed by atoms with van der Waals surface area (Å²) in [5.41, 5.74) is 2.83. The van der Waals surface area contributed by atoms with Gasteiger partial charge in [-0.2, -0.15) is 0 Å². The first-order chi connectivity index (χ1) is 10.6. The van der Waals surface area contributed by atoms with Crippen LogP contribution in [0.25, 0.3) is 22.2 Å². The molecule has 0 aliphatic heterocycles. The summed E-state index contributed by atoms with van der Waals surface area (Å²) in [6.45, 7) is 3.70. The number of pyridine rings is 2. The summed E-state index contributed by atoms with van der Waals surface area (Å²) in [5.74, 6) is 0.399. The van der Waals surface area contributed by atoms with E-state index in [-0.39, 0.29) is 11.8 Å². The fourth-order valence-electron chi connectivity index (χ4n) is 2.24. The second kappa shape index (κ2) is 5.93. The van der Waals surface area contributed by atoms with E-state index in [4.69, 9.17) is 0 Å². The molecule has 22 heavy (non-hydrogen) atoms. The van der Waals surface area contributed by atoms with Gasteiger partial charge in [0.1, 0.15) is 5.82 Å². The summed E-state index contributed by atoms with van der Waals surface area (Å²) >= 11 is 0. The van der Waals surface area contributed by atoms with E-state index in [0.717, 1.165) is 16.5 Å². The third-order valence-electron chi connectivity index (χ3n) is 3.46. The van der Waals surface area contributed by atoms with Crippen molar-refractivity contribution in [1.82, 2.24) is 9.97 Å². The number of rotatable bonds is 3. The molecule has 3 rings (SSSR count). The standard InChI is InChI=1S/C18H17N3O/c1-12(2)18(22)21-16-9-8-15-14(10-11-19-17(15)20-16)13-6-4-3-5-7-13/h3-12H,1-2H3,(H,19,20,21,22). The van der Waals surface area contributed by atoms with E-state index in [1.807, 2.05) is 50.2 Å². The van der Waals surface area contributed by atoms with Crippen LogP contribution < -0.4 is 5.32 Å². The van der Waals surface area contributed by atoms with Gasteiger partial charge in [0.15, 0.2) is 5.65 Å². The molecule has 2 heterocycles.